The molecule has 2 aromatic heterocycles. The molecule has 2 aromatic carbocycles. The Balaban J connectivity index is 0.00000267. The van der Waals surface area contributed by atoms with Gasteiger partial charge in [0.1, 0.15) is 11.6 Å². The number of methoxy groups -OCH3 is 1. The van der Waals surface area contributed by atoms with Crippen molar-refractivity contribution in [2.24, 2.45) is 5.92 Å². The van der Waals surface area contributed by atoms with Crippen molar-refractivity contribution in [3.8, 4) is 16.9 Å². The van der Waals surface area contributed by atoms with E-state index in [1.807, 2.05) is 18.2 Å². The summed E-state index contributed by atoms with van der Waals surface area (Å²) in [5.74, 6) is 2.72. The Morgan fingerprint density at radius 1 is 1.08 bits per heavy atom. The minimum atomic E-state index is 0. The summed E-state index contributed by atoms with van der Waals surface area (Å²) >= 11 is 6.73. The molecule has 2 aliphatic rings. The van der Waals surface area contributed by atoms with Crippen molar-refractivity contribution in [2.45, 2.75) is 52.5 Å². The molecule has 0 amide bonds. The van der Waals surface area contributed by atoms with E-state index in [-0.39, 0.29) is 12.4 Å². The number of ether oxygens (including phenoxy) is 1. The Morgan fingerprint density at radius 3 is 2.56 bits per heavy atom. The van der Waals surface area contributed by atoms with Crippen LogP contribution < -0.4 is 9.64 Å². The second-order valence-electron chi connectivity index (χ2n) is 10.1. The normalized spacial score (nSPS) is 14.6. The van der Waals surface area contributed by atoms with Gasteiger partial charge in [-0.2, -0.15) is 9.61 Å². The molecular formula is C29H32Cl2N4O. The van der Waals surface area contributed by atoms with Crippen LogP contribution in [0.15, 0.2) is 42.5 Å². The molecule has 6 rings (SSSR count). The lowest BCUT2D eigenvalue weighted by Gasteiger charge is -2.28. The van der Waals surface area contributed by atoms with Crippen molar-refractivity contribution in [3.63, 3.8) is 0 Å². The monoisotopic (exact) mass is 522 g/mol. The number of hydrogen-bond acceptors (Lipinski definition) is 4. The lowest BCUT2D eigenvalue weighted by Crippen LogP contribution is -2.29. The average Bonchev–Trinajstić information content (AvgIpc) is 3.44. The van der Waals surface area contributed by atoms with E-state index in [9.17, 15) is 0 Å². The molecule has 36 heavy (non-hydrogen) atoms. The molecule has 0 unspecified atom stereocenters. The second-order valence-corrected chi connectivity index (χ2v) is 10.5. The van der Waals surface area contributed by atoms with E-state index in [1.54, 1.807) is 7.11 Å². The number of rotatable bonds is 7. The number of nitrogens with zero attached hydrogens (tertiary/aromatic N) is 4. The van der Waals surface area contributed by atoms with Gasteiger partial charge in [-0.3, -0.25) is 0 Å². The van der Waals surface area contributed by atoms with E-state index in [1.165, 1.54) is 41.0 Å². The van der Waals surface area contributed by atoms with Gasteiger partial charge in [0.25, 0.3) is 0 Å². The van der Waals surface area contributed by atoms with Crippen LogP contribution in [0.2, 0.25) is 5.02 Å². The van der Waals surface area contributed by atoms with Crippen molar-refractivity contribution in [1.82, 2.24) is 14.6 Å². The van der Waals surface area contributed by atoms with Crippen LogP contribution in [0.5, 0.6) is 5.75 Å². The number of aryl methyl sites for hydroxylation is 3. The topological polar surface area (TPSA) is 42.7 Å². The van der Waals surface area contributed by atoms with Crippen LogP contribution in [0.4, 0.5) is 5.82 Å². The summed E-state index contributed by atoms with van der Waals surface area (Å²) in [4.78, 5) is 7.74. The minimum absolute atomic E-state index is 0. The van der Waals surface area contributed by atoms with Gasteiger partial charge >= 0.3 is 0 Å². The summed E-state index contributed by atoms with van der Waals surface area (Å²) in [6, 6.07) is 14.8. The fourth-order valence-electron chi connectivity index (χ4n) is 5.33. The van der Waals surface area contributed by atoms with Crippen molar-refractivity contribution in [1.29, 1.82) is 0 Å². The van der Waals surface area contributed by atoms with Crippen molar-refractivity contribution >= 4 is 35.5 Å². The molecule has 5 nitrogen and oxygen atoms in total. The van der Waals surface area contributed by atoms with Gasteiger partial charge in [0.05, 0.1) is 23.4 Å². The fourth-order valence-corrected chi connectivity index (χ4v) is 5.60. The maximum absolute atomic E-state index is 6.73. The highest BCUT2D eigenvalue weighted by Gasteiger charge is 2.31. The van der Waals surface area contributed by atoms with Crippen molar-refractivity contribution in [3.05, 3.63) is 75.6 Å². The summed E-state index contributed by atoms with van der Waals surface area (Å²) in [5, 5.41) is 5.73. The molecule has 0 N–H and O–H groups in total. The summed E-state index contributed by atoms with van der Waals surface area (Å²) in [7, 11) is 1.66. The molecular weight excluding hydrogens is 491 g/mol. The third kappa shape index (κ3) is 4.55. The average molecular weight is 524 g/mol. The lowest BCUT2D eigenvalue weighted by atomic mass is 10.1. The number of fused-ring (bicyclic) bond motifs is 2. The first kappa shape index (κ1) is 24.9. The summed E-state index contributed by atoms with van der Waals surface area (Å²) in [6.45, 7) is 6.13. The Bertz CT molecular complexity index is 1410. The molecule has 0 bridgehead atoms. The molecule has 1 fully saturated rings. The van der Waals surface area contributed by atoms with Crippen LogP contribution in [-0.2, 0) is 19.4 Å². The molecule has 4 aromatic rings. The Hall–Kier alpha value is -2.76. The molecule has 0 atom stereocenters. The highest BCUT2D eigenvalue weighted by molar-refractivity contribution is 6.33. The zero-order valence-corrected chi connectivity index (χ0v) is 22.6. The molecule has 1 saturated carbocycles. The number of benzene rings is 2. The van der Waals surface area contributed by atoms with Gasteiger partial charge in [-0.15, -0.1) is 12.4 Å². The highest BCUT2D eigenvalue weighted by Crippen LogP contribution is 2.40. The Morgan fingerprint density at radius 2 is 1.86 bits per heavy atom. The van der Waals surface area contributed by atoms with E-state index in [0.717, 1.165) is 66.5 Å². The van der Waals surface area contributed by atoms with Gasteiger partial charge in [0.2, 0.25) is 0 Å². The summed E-state index contributed by atoms with van der Waals surface area (Å²) in [5.41, 5.74) is 8.99. The molecule has 2 aliphatic carbocycles. The maximum atomic E-state index is 6.73. The predicted molar refractivity (Wildman–Crippen MR) is 149 cm³/mol. The second kappa shape index (κ2) is 9.95. The smallest absolute Gasteiger partial charge is 0.165 e. The fraction of sp³-hybridized carbons (Fsp3) is 0.379. The van der Waals surface area contributed by atoms with Crippen molar-refractivity contribution in [2.75, 3.05) is 18.6 Å². The molecule has 7 heteroatoms. The van der Waals surface area contributed by atoms with Crippen LogP contribution in [0.1, 0.15) is 47.3 Å². The summed E-state index contributed by atoms with van der Waals surface area (Å²) in [6.07, 6.45) is 5.83. The first-order valence-corrected chi connectivity index (χ1v) is 12.9. The van der Waals surface area contributed by atoms with E-state index < -0.39 is 0 Å². The third-order valence-corrected chi connectivity index (χ3v) is 7.66. The molecule has 0 spiro atoms. The Labute approximate surface area is 223 Å². The van der Waals surface area contributed by atoms with E-state index in [4.69, 9.17) is 26.4 Å². The van der Waals surface area contributed by atoms with E-state index >= 15 is 0 Å². The number of halogens is 2. The van der Waals surface area contributed by atoms with Gasteiger partial charge in [0, 0.05) is 29.9 Å². The van der Waals surface area contributed by atoms with Gasteiger partial charge in [-0.25, -0.2) is 4.98 Å². The first-order valence-electron chi connectivity index (χ1n) is 12.6. The quantitative estimate of drug-likeness (QED) is 0.262. The van der Waals surface area contributed by atoms with Gasteiger partial charge in [0.15, 0.2) is 5.65 Å². The van der Waals surface area contributed by atoms with Crippen LogP contribution in [0, 0.1) is 19.8 Å². The van der Waals surface area contributed by atoms with Crippen LogP contribution >= 0.6 is 24.0 Å². The van der Waals surface area contributed by atoms with Crippen LogP contribution in [0.3, 0.4) is 0 Å². The number of aromatic nitrogens is 3. The molecule has 2 heterocycles. The van der Waals surface area contributed by atoms with Gasteiger partial charge in [-0.1, -0.05) is 41.4 Å². The van der Waals surface area contributed by atoms with Gasteiger partial charge < -0.3 is 9.64 Å². The third-order valence-electron chi connectivity index (χ3n) is 7.35. The largest absolute Gasteiger partial charge is 0.497 e. The molecule has 0 aliphatic heterocycles. The van der Waals surface area contributed by atoms with Crippen molar-refractivity contribution < 1.29 is 4.74 Å². The molecule has 188 valence electrons. The van der Waals surface area contributed by atoms with Crippen LogP contribution in [-0.4, -0.2) is 28.3 Å². The zero-order chi connectivity index (χ0) is 24.1. The zero-order valence-electron chi connectivity index (χ0n) is 21.1. The standard InChI is InChI=1S/C29H31ClN4O.ClH/c1-18-7-9-20(10-8-18)16-33(17-21-11-12-21)29-24-5-4-6-26(24)31-28-27(19(2)32-34(28)29)23-14-13-22(35-3)15-25(23)30;/h7-10,13-15,21H,4-6,11-12,16-17H2,1-3H3;1H. The molecule has 0 saturated heterocycles. The van der Waals surface area contributed by atoms with Gasteiger partial charge in [-0.05, 0) is 75.6 Å². The summed E-state index contributed by atoms with van der Waals surface area (Å²) < 4.78 is 7.48. The van der Waals surface area contributed by atoms with Crippen LogP contribution in [0.25, 0.3) is 16.8 Å². The highest BCUT2D eigenvalue weighted by atomic mass is 35.5. The molecule has 0 radical (unpaired) electrons. The Kier molecular flexibility index (Phi) is 6.88. The van der Waals surface area contributed by atoms with E-state index in [0.29, 0.717) is 5.02 Å². The predicted octanol–water partition coefficient (Wildman–Crippen LogP) is 7.00. The SMILES string of the molecule is COc1ccc(-c2c(C)nn3c(N(Cc4ccc(C)cc4)CC4CC4)c4c(nc23)CCC4)c(Cl)c1.Cl. The number of anilines is 1. The lowest BCUT2D eigenvalue weighted by molar-refractivity contribution is 0.415. The number of hydrogen-bond donors (Lipinski definition) is 0. The minimum Gasteiger partial charge on any atom is -0.497 e. The van der Waals surface area contributed by atoms with E-state index in [2.05, 4.69) is 47.5 Å². The maximum Gasteiger partial charge on any atom is 0.165 e. The first-order chi connectivity index (χ1) is 17.0.